The van der Waals surface area contributed by atoms with Crippen molar-refractivity contribution in [2.24, 2.45) is 0 Å². The second kappa shape index (κ2) is 6.74. The van der Waals surface area contributed by atoms with Crippen LogP contribution in [0, 0.1) is 6.92 Å². The lowest BCUT2D eigenvalue weighted by molar-refractivity contribution is -0.146. The molecule has 0 saturated carbocycles. The fourth-order valence-electron chi connectivity index (χ4n) is 2.44. The van der Waals surface area contributed by atoms with Crippen LogP contribution in [0.15, 0.2) is 24.5 Å². The summed E-state index contributed by atoms with van der Waals surface area (Å²) >= 11 is 0. The number of aryl methyl sites for hydroxylation is 1. The molecule has 0 bridgehead atoms. The van der Waals surface area contributed by atoms with E-state index < -0.39 is 6.10 Å². The van der Waals surface area contributed by atoms with Gasteiger partial charge >= 0.3 is 0 Å². The summed E-state index contributed by atoms with van der Waals surface area (Å²) in [7, 11) is 0. The van der Waals surface area contributed by atoms with E-state index in [1.807, 2.05) is 6.92 Å². The van der Waals surface area contributed by atoms with Crippen LogP contribution in [0.4, 0.5) is 0 Å². The zero-order valence-electron chi connectivity index (χ0n) is 13.1. The van der Waals surface area contributed by atoms with Crippen LogP contribution in [-0.4, -0.2) is 56.8 Å². The minimum absolute atomic E-state index is 0.0885. The first-order chi connectivity index (χ1) is 11.1. The number of nitrogens with one attached hydrogen (secondary N) is 1. The van der Waals surface area contributed by atoms with Gasteiger partial charge in [0.2, 0.25) is 0 Å². The molecule has 0 radical (unpaired) electrons. The third kappa shape index (κ3) is 3.65. The van der Waals surface area contributed by atoms with Crippen molar-refractivity contribution >= 4 is 5.91 Å². The van der Waals surface area contributed by atoms with Crippen LogP contribution < -0.4 is 4.74 Å². The molecule has 23 heavy (non-hydrogen) atoms. The first kappa shape index (κ1) is 15.4. The average molecular weight is 317 g/mol. The lowest BCUT2D eigenvalue weighted by Crippen LogP contribution is -2.47. The molecule has 8 heteroatoms. The molecule has 1 aliphatic rings. The Labute approximate surface area is 133 Å². The van der Waals surface area contributed by atoms with Gasteiger partial charge in [-0.25, -0.2) is 4.98 Å². The van der Waals surface area contributed by atoms with E-state index >= 15 is 0 Å². The van der Waals surface area contributed by atoms with Crippen molar-refractivity contribution in [2.75, 3.05) is 19.7 Å². The fourth-order valence-corrected chi connectivity index (χ4v) is 2.44. The van der Waals surface area contributed by atoms with Crippen molar-refractivity contribution in [1.29, 1.82) is 0 Å². The van der Waals surface area contributed by atoms with E-state index in [4.69, 9.17) is 9.47 Å². The second-order valence-corrected chi connectivity index (χ2v) is 5.37. The number of morpholine rings is 1. The highest BCUT2D eigenvalue weighted by atomic mass is 16.5. The Bertz CT molecular complexity index is 660. The van der Waals surface area contributed by atoms with E-state index in [-0.39, 0.29) is 12.0 Å². The van der Waals surface area contributed by atoms with Gasteiger partial charge in [0.1, 0.15) is 17.7 Å². The Morgan fingerprint density at radius 2 is 2.43 bits per heavy atom. The molecule has 8 nitrogen and oxygen atoms in total. The zero-order valence-corrected chi connectivity index (χ0v) is 13.1. The minimum atomic E-state index is -0.591. The highest BCUT2D eigenvalue weighted by molar-refractivity contribution is 5.81. The Balaban J connectivity index is 1.62. The van der Waals surface area contributed by atoms with Gasteiger partial charge in [0.25, 0.3) is 5.91 Å². The number of carbonyl (C=O) groups excluding carboxylic acids is 1. The minimum Gasteiger partial charge on any atom is -0.479 e. The standard InChI is InChI=1S/C15H19N5O3/c1-10(23-12-4-3-5-16-8-12)15(21)20-6-7-22-13(9-20)14-17-11(2)18-19-14/h3-5,8,10,13H,6-7,9H2,1-2H3,(H,17,18,19)/t10-,13+/m1/s1. The van der Waals surface area contributed by atoms with Gasteiger partial charge in [-0.3, -0.25) is 14.9 Å². The molecular formula is C15H19N5O3. The number of aromatic amines is 1. The third-order valence-corrected chi connectivity index (χ3v) is 3.58. The molecule has 1 N–H and O–H groups in total. The predicted molar refractivity (Wildman–Crippen MR) is 80.7 cm³/mol. The number of aromatic nitrogens is 4. The van der Waals surface area contributed by atoms with Crippen molar-refractivity contribution in [3.63, 3.8) is 0 Å². The first-order valence-corrected chi connectivity index (χ1v) is 7.49. The van der Waals surface area contributed by atoms with Gasteiger partial charge in [0.05, 0.1) is 19.3 Å². The lowest BCUT2D eigenvalue weighted by Gasteiger charge is -2.33. The summed E-state index contributed by atoms with van der Waals surface area (Å²) in [4.78, 5) is 22.5. The molecule has 0 unspecified atom stereocenters. The third-order valence-electron chi connectivity index (χ3n) is 3.58. The van der Waals surface area contributed by atoms with Crippen LogP contribution in [0.3, 0.4) is 0 Å². The Morgan fingerprint density at radius 1 is 1.57 bits per heavy atom. The largest absolute Gasteiger partial charge is 0.479 e. The SMILES string of the molecule is Cc1nc([C@@H]2CN(C(=O)[C@@H](C)Oc3cccnc3)CCO2)n[nH]1. The Kier molecular flexibility index (Phi) is 4.52. The van der Waals surface area contributed by atoms with E-state index in [2.05, 4.69) is 20.2 Å². The highest BCUT2D eigenvalue weighted by Crippen LogP contribution is 2.20. The molecular weight excluding hydrogens is 298 g/mol. The number of pyridine rings is 1. The van der Waals surface area contributed by atoms with Gasteiger partial charge < -0.3 is 14.4 Å². The number of rotatable bonds is 4. The maximum atomic E-state index is 12.6. The van der Waals surface area contributed by atoms with Crippen LogP contribution in [0.5, 0.6) is 5.75 Å². The number of hydrogen-bond acceptors (Lipinski definition) is 6. The quantitative estimate of drug-likeness (QED) is 0.899. The zero-order chi connectivity index (χ0) is 16.2. The Morgan fingerprint density at radius 3 is 3.13 bits per heavy atom. The smallest absolute Gasteiger partial charge is 0.263 e. The van der Waals surface area contributed by atoms with E-state index in [9.17, 15) is 4.79 Å². The van der Waals surface area contributed by atoms with Crippen LogP contribution in [-0.2, 0) is 9.53 Å². The predicted octanol–water partition coefficient (Wildman–Crippen LogP) is 0.876. The summed E-state index contributed by atoms with van der Waals surface area (Å²) in [5.41, 5.74) is 0. The van der Waals surface area contributed by atoms with Gasteiger partial charge in [-0.05, 0) is 26.0 Å². The van der Waals surface area contributed by atoms with Crippen molar-refractivity contribution in [3.8, 4) is 5.75 Å². The van der Waals surface area contributed by atoms with Crippen molar-refractivity contribution in [3.05, 3.63) is 36.2 Å². The molecule has 1 saturated heterocycles. The maximum absolute atomic E-state index is 12.6. The summed E-state index contributed by atoms with van der Waals surface area (Å²) in [6, 6.07) is 3.54. The first-order valence-electron chi connectivity index (χ1n) is 7.49. The normalized spacial score (nSPS) is 19.4. The topological polar surface area (TPSA) is 93.2 Å². The monoisotopic (exact) mass is 317 g/mol. The number of hydrogen-bond donors (Lipinski definition) is 1. The molecule has 2 atom stereocenters. The van der Waals surface area contributed by atoms with Gasteiger partial charge in [0, 0.05) is 12.7 Å². The summed E-state index contributed by atoms with van der Waals surface area (Å²) in [6.45, 7) is 4.95. The number of H-pyrrole nitrogens is 1. The highest BCUT2D eigenvalue weighted by Gasteiger charge is 2.30. The van der Waals surface area contributed by atoms with Crippen molar-refractivity contribution in [1.82, 2.24) is 25.1 Å². The fraction of sp³-hybridized carbons (Fsp3) is 0.467. The van der Waals surface area contributed by atoms with E-state index in [1.54, 1.807) is 36.4 Å². The van der Waals surface area contributed by atoms with E-state index in [1.165, 1.54) is 0 Å². The molecule has 0 aliphatic carbocycles. The van der Waals surface area contributed by atoms with E-state index in [0.717, 1.165) is 5.82 Å². The molecule has 1 aliphatic heterocycles. The van der Waals surface area contributed by atoms with Gasteiger partial charge in [-0.2, -0.15) is 5.10 Å². The molecule has 0 aromatic carbocycles. The molecule has 3 rings (SSSR count). The van der Waals surface area contributed by atoms with Gasteiger partial charge in [-0.1, -0.05) is 0 Å². The molecule has 2 aromatic rings. The van der Waals surface area contributed by atoms with Crippen LogP contribution in [0.1, 0.15) is 24.7 Å². The van der Waals surface area contributed by atoms with Gasteiger partial charge in [0.15, 0.2) is 11.9 Å². The lowest BCUT2D eigenvalue weighted by atomic mass is 10.2. The molecule has 2 aromatic heterocycles. The Hall–Kier alpha value is -2.48. The second-order valence-electron chi connectivity index (χ2n) is 5.37. The molecule has 0 spiro atoms. The summed E-state index contributed by atoms with van der Waals surface area (Å²) in [6.07, 6.45) is 2.34. The number of carbonyl (C=O) groups is 1. The maximum Gasteiger partial charge on any atom is 0.263 e. The summed E-state index contributed by atoms with van der Waals surface area (Å²) in [5.74, 6) is 1.78. The van der Waals surface area contributed by atoms with Crippen molar-refractivity contribution in [2.45, 2.75) is 26.1 Å². The van der Waals surface area contributed by atoms with E-state index in [0.29, 0.717) is 31.3 Å². The van der Waals surface area contributed by atoms with Crippen LogP contribution in [0.2, 0.25) is 0 Å². The molecule has 122 valence electrons. The number of ether oxygens (including phenoxy) is 2. The van der Waals surface area contributed by atoms with Crippen LogP contribution >= 0.6 is 0 Å². The summed E-state index contributed by atoms with van der Waals surface area (Å²) < 4.78 is 11.3. The average Bonchev–Trinajstić information content (AvgIpc) is 3.02. The molecule has 3 heterocycles. The van der Waals surface area contributed by atoms with Crippen molar-refractivity contribution < 1.29 is 14.3 Å². The molecule has 1 fully saturated rings. The van der Waals surface area contributed by atoms with Crippen LogP contribution in [0.25, 0.3) is 0 Å². The molecule has 1 amide bonds. The summed E-state index contributed by atoms with van der Waals surface area (Å²) in [5, 5.41) is 6.90. The number of nitrogens with zero attached hydrogens (tertiary/aromatic N) is 4. The van der Waals surface area contributed by atoms with Gasteiger partial charge in [-0.15, -0.1) is 0 Å². The number of amides is 1.